The van der Waals surface area contributed by atoms with Crippen LogP contribution in [0.25, 0.3) is 0 Å². The van der Waals surface area contributed by atoms with Crippen molar-refractivity contribution >= 4 is 9.84 Å². The number of hydrogen-bond acceptors (Lipinski definition) is 4. The van der Waals surface area contributed by atoms with Crippen LogP contribution in [0.4, 0.5) is 0 Å². The molecule has 0 bridgehead atoms. The Morgan fingerprint density at radius 3 is 2.20 bits per heavy atom. The third-order valence-electron chi connectivity index (χ3n) is 5.13. The molecule has 0 heterocycles. The Bertz CT molecular complexity index is 844. The van der Waals surface area contributed by atoms with Crippen molar-refractivity contribution in [3.05, 3.63) is 65.2 Å². The van der Waals surface area contributed by atoms with Crippen molar-refractivity contribution in [3.8, 4) is 0 Å². The van der Waals surface area contributed by atoms with Crippen molar-refractivity contribution < 1.29 is 13.2 Å². The van der Waals surface area contributed by atoms with Gasteiger partial charge in [-0.1, -0.05) is 48.9 Å². The number of methoxy groups -OCH3 is 1. The van der Waals surface area contributed by atoms with Gasteiger partial charge in [0.15, 0.2) is 9.84 Å². The first-order chi connectivity index (χ1) is 11.8. The Morgan fingerprint density at radius 2 is 1.68 bits per heavy atom. The predicted molar refractivity (Wildman–Crippen MR) is 99.5 cm³/mol. The molecule has 3 rings (SSSR count). The topological polar surface area (TPSA) is 69.4 Å². The van der Waals surface area contributed by atoms with Crippen LogP contribution in [-0.4, -0.2) is 32.9 Å². The highest BCUT2D eigenvalue weighted by molar-refractivity contribution is 7.92. The normalized spacial score (nSPS) is 25.8. The van der Waals surface area contributed by atoms with Gasteiger partial charge in [0.1, 0.15) is 0 Å². The quantitative estimate of drug-likeness (QED) is 0.861. The molecule has 0 amide bonds. The molecule has 2 N–H and O–H groups in total. The molecular weight excluding hydrogens is 334 g/mol. The molecule has 0 spiro atoms. The zero-order chi connectivity index (χ0) is 18.2. The monoisotopic (exact) mass is 359 g/mol. The van der Waals surface area contributed by atoms with Crippen LogP contribution in [0.15, 0.2) is 53.4 Å². The van der Waals surface area contributed by atoms with Crippen molar-refractivity contribution in [1.29, 1.82) is 0 Å². The van der Waals surface area contributed by atoms with E-state index in [4.69, 9.17) is 10.5 Å². The van der Waals surface area contributed by atoms with Crippen molar-refractivity contribution in [3.63, 3.8) is 0 Å². The maximum absolute atomic E-state index is 13.2. The van der Waals surface area contributed by atoms with Crippen LogP contribution in [0.1, 0.15) is 29.5 Å². The highest BCUT2D eigenvalue weighted by atomic mass is 32.2. The first kappa shape index (κ1) is 18.1. The summed E-state index contributed by atoms with van der Waals surface area (Å²) in [7, 11) is -1.98. The average molecular weight is 359 g/mol. The Morgan fingerprint density at radius 1 is 1.08 bits per heavy atom. The van der Waals surface area contributed by atoms with Gasteiger partial charge in [-0.2, -0.15) is 0 Å². The van der Waals surface area contributed by atoms with Crippen LogP contribution in [0.2, 0.25) is 0 Å². The van der Waals surface area contributed by atoms with E-state index >= 15 is 0 Å². The minimum Gasteiger partial charge on any atom is -0.383 e. The fourth-order valence-electron chi connectivity index (χ4n) is 3.63. The molecule has 3 atom stereocenters. The summed E-state index contributed by atoms with van der Waals surface area (Å²) in [6, 6.07) is 15.0. The summed E-state index contributed by atoms with van der Waals surface area (Å²) in [6.07, 6.45) is 0.946. The SMILES string of the molecule is CCc1ccc([C@@H]2[C@H](S(=O)(=O)c3ccc(C)cc3)[C@@]2(N)COC)cc1. The molecule has 1 saturated carbocycles. The molecule has 1 aliphatic rings. The molecule has 5 heteroatoms. The molecule has 134 valence electrons. The predicted octanol–water partition coefficient (Wildman–Crippen LogP) is 2.84. The first-order valence-corrected chi connectivity index (χ1v) is 10.1. The summed E-state index contributed by atoms with van der Waals surface area (Å²) in [5.41, 5.74) is 8.80. The summed E-state index contributed by atoms with van der Waals surface area (Å²) in [4.78, 5) is 0.321. The Kier molecular flexibility index (Phi) is 4.75. The van der Waals surface area contributed by atoms with Crippen molar-refractivity contribution in [1.82, 2.24) is 0 Å². The summed E-state index contributed by atoms with van der Waals surface area (Å²) < 4.78 is 31.6. The number of ether oxygens (including phenoxy) is 1. The standard InChI is InChI=1S/C20H25NO3S/c1-4-15-7-9-16(10-8-15)18-19(20(18,21)13-24-3)25(22,23)17-11-5-14(2)6-12-17/h5-12,18-19H,4,13,21H2,1-3H3/t18-,19+,20-/m1/s1. The van der Waals surface area contributed by atoms with Crippen molar-refractivity contribution in [2.75, 3.05) is 13.7 Å². The average Bonchev–Trinajstić information content (AvgIpc) is 3.22. The van der Waals surface area contributed by atoms with Gasteiger partial charge in [0.2, 0.25) is 0 Å². The summed E-state index contributed by atoms with van der Waals surface area (Å²) in [6.45, 7) is 4.24. The lowest BCUT2D eigenvalue weighted by molar-refractivity contribution is 0.171. The second-order valence-electron chi connectivity index (χ2n) is 6.90. The van der Waals surface area contributed by atoms with Gasteiger partial charge in [0, 0.05) is 13.0 Å². The lowest BCUT2D eigenvalue weighted by Crippen LogP contribution is -2.35. The lowest BCUT2D eigenvalue weighted by atomic mass is 10.0. The summed E-state index contributed by atoms with van der Waals surface area (Å²) in [5, 5.41) is -0.671. The van der Waals surface area contributed by atoms with E-state index in [0.717, 1.165) is 17.5 Å². The van der Waals surface area contributed by atoms with E-state index < -0.39 is 20.6 Å². The second-order valence-corrected chi connectivity index (χ2v) is 8.97. The molecule has 2 aromatic carbocycles. The molecule has 0 saturated heterocycles. The fourth-order valence-corrected chi connectivity index (χ4v) is 5.92. The van der Waals surface area contributed by atoms with Crippen LogP contribution >= 0.6 is 0 Å². The zero-order valence-electron chi connectivity index (χ0n) is 14.9. The molecule has 25 heavy (non-hydrogen) atoms. The molecule has 4 nitrogen and oxygen atoms in total. The molecule has 1 aliphatic carbocycles. The first-order valence-electron chi connectivity index (χ1n) is 8.52. The second kappa shape index (κ2) is 6.56. The van der Waals surface area contributed by atoms with Crippen molar-refractivity contribution in [2.45, 2.75) is 41.9 Å². The number of rotatable bonds is 6. The third-order valence-corrected chi connectivity index (χ3v) is 7.44. The number of hydrogen-bond donors (Lipinski definition) is 1. The molecule has 2 aromatic rings. The van der Waals surface area contributed by atoms with Crippen LogP contribution in [-0.2, 0) is 21.0 Å². The summed E-state index contributed by atoms with van der Waals surface area (Å²) in [5.74, 6) is -0.260. The van der Waals surface area contributed by atoms with Crippen LogP contribution < -0.4 is 5.73 Å². The van der Waals surface area contributed by atoms with E-state index in [2.05, 4.69) is 6.92 Å². The third kappa shape index (κ3) is 3.12. The van der Waals surface area contributed by atoms with Gasteiger partial charge in [-0.15, -0.1) is 0 Å². The Labute approximate surface area is 149 Å². The van der Waals surface area contributed by atoms with Crippen molar-refractivity contribution in [2.24, 2.45) is 5.73 Å². The highest BCUT2D eigenvalue weighted by Crippen LogP contribution is 2.55. The number of sulfone groups is 1. The van der Waals surface area contributed by atoms with Gasteiger partial charge in [-0.05, 0) is 36.6 Å². The maximum Gasteiger partial charge on any atom is 0.183 e. The number of benzene rings is 2. The Hall–Kier alpha value is -1.69. The summed E-state index contributed by atoms with van der Waals surface area (Å²) >= 11 is 0. The molecule has 0 aromatic heterocycles. The number of nitrogens with two attached hydrogens (primary N) is 1. The van der Waals surface area contributed by atoms with E-state index in [9.17, 15) is 8.42 Å². The fraction of sp³-hybridized carbons (Fsp3) is 0.400. The largest absolute Gasteiger partial charge is 0.383 e. The highest BCUT2D eigenvalue weighted by Gasteiger charge is 2.69. The van der Waals surface area contributed by atoms with E-state index in [1.54, 1.807) is 19.2 Å². The van der Waals surface area contributed by atoms with Gasteiger partial charge < -0.3 is 10.5 Å². The van der Waals surface area contributed by atoms with Gasteiger partial charge in [0.25, 0.3) is 0 Å². The number of aryl methyl sites for hydroxylation is 2. The van der Waals surface area contributed by atoms with E-state index in [1.165, 1.54) is 5.56 Å². The molecular formula is C20H25NO3S. The van der Waals surface area contributed by atoms with E-state index in [-0.39, 0.29) is 12.5 Å². The van der Waals surface area contributed by atoms with E-state index in [0.29, 0.717) is 4.90 Å². The lowest BCUT2D eigenvalue weighted by Gasteiger charge is -2.11. The Balaban J connectivity index is 1.99. The molecule has 1 fully saturated rings. The maximum atomic E-state index is 13.2. The molecule has 0 aliphatic heterocycles. The van der Waals surface area contributed by atoms with Crippen LogP contribution in [0, 0.1) is 6.92 Å². The van der Waals surface area contributed by atoms with Crippen LogP contribution in [0.5, 0.6) is 0 Å². The van der Waals surface area contributed by atoms with Gasteiger partial charge in [-0.25, -0.2) is 8.42 Å². The minimum atomic E-state index is -3.53. The van der Waals surface area contributed by atoms with Gasteiger partial charge in [-0.3, -0.25) is 0 Å². The van der Waals surface area contributed by atoms with Crippen LogP contribution in [0.3, 0.4) is 0 Å². The van der Waals surface area contributed by atoms with E-state index in [1.807, 2.05) is 43.3 Å². The minimum absolute atomic E-state index is 0.211. The molecule has 0 unspecified atom stereocenters. The smallest absolute Gasteiger partial charge is 0.183 e. The molecule has 0 radical (unpaired) electrons. The van der Waals surface area contributed by atoms with Gasteiger partial charge >= 0.3 is 0 Å². The zero-order valence-corrected chi connectivity index (χ0v) is 15.7. The van der Waals surface area contributed by atoms with Gasteiger partial charge in [0.05, 0.1) is 22.3 Å².